The predicted molar refractivity (Wildman–Crippen MR) is 162 cm³/mol. The van der Waals surface area contributed by atoms with E-state index in [1.807, 2.05) is 29.2 Å². The molecule has 0 bridgehead atoms. The number of nitrogens with zero attached hydrogens (tertiary/aromatic N) is 3. The van der Waals surface area contributed by atoms with Crippen molar-refractivity contribution >= 4 is 22.6 Å². The Kier molecular flexibility index (Phi) is 9.00. The molecule has 0 radical (unpaired) electrons. The molecule has 0 aliphatic carbocycles. The third-order valence-corrected chi connectivity index (χ3v) is 8.24. The number of halogens is 1. The number of anilines is 1. The zero-order valence-electron chi connectivity index (χ0n) is 24.0. The average Bonchev–Trinajstić information content (AvgIpc) is 3.26. The van der Waals surface area contributed by atoms with Crippen molar-refractivity contribution in [2.24, 2.45) is 5.73 Å². The van der Waals surface area contributed by atoms with Crippen LogP contribution in [0, 0.1) is 12.7 Å². The number of para-hydroxylation sites is 1. The Bertz CT molecular complexity index is 1480. The number of hydrogen-bond donors (Lipinski definition) is 2. The fraction of sp³-hybridized carbons (Fsp3) is 0.394. The van der Waals surface area contributed by atoms with Crippen LogP contribution in [-0.2, 0) is 22.5 Å². The maximum Gasteiger partial charge on any atom is 0.224 e. The van der Waals surface area contributed by atoms with E-state index >= 15 is 4.39 Å². The lowest BCUT2D eigenvalue weighted by Gasteiger charge is -2.34. The minimum Gasteiger partial charge on any atom is -0.385 e. The summed E-state index contributed by atoms with van der Waals surface area (Å²) in [5, 5.41) is 0.946. The van der Waals surface area contributed by atoms with E-state index in [1.165, 1.54) is 6.07 Å². The molecule has 8 heteroatoms. The molecule has 4 aromatic rings. The molecular formula is C33H40FN5O2. The molecule has 3 heterocycles. The van der Waals surface area contributed by atoms with Crippen LogP contribution in [0.4, 0.5) is 10.2 Å². The van der Waals surface area contributed by atoms with E-state index in [2.05, 4.69) is 28.6 Å². The molecule has 1 fully saturated rings. The minimum atomic E-state index is -0.275. The highest BCUT2D eigenvalue weighted by molar-refractivity contribution is 5.86. The molecule has 41 heavy (non-hydrogen) atoms. The van der Waals surface area contributed by atoms with Crippen molar-refractivity contribution in [3.05, 3.63) is 83.4 Å². The van der Waals surface area contributed by atoms with Gasteiger partial charge >= 0.3 is 0 Å². The third kappa shape index (κ3) is 6.44. The van der Waals surface area contributed by atoms with Crippen LogP contribution in [0.1, 0.15) is 48.4 Å². The number of hydrogen-bond acceptors (Lipinski definition) is 5. The van der Waals surface area contributed by atoms with Crippen LogP contribution in [0.2, 0.25) is 0 Å². The van der Waals surface area contributed by atoms with Crippen LogP contribution in [0.25, 0.3) is 22.0 Å². The molecule has 5 rings (SSSR count). The highest BCUT2D eigenvalue weighted by atomic mass is 19.1. The lowest BCUT2D eigenvalue weighted by Crippen LogP contribution is -2.42. The normalized spacial score (nSPS) is 16.3. The van der Waals surface area contributed by atoms with Crippen molar-refractivity contribution in [3.63, 3.8) is 0 Å². The number of fused-ring (bicyclic) bond motifs is 1. The summed E-state index contributed by atoms with van der Waals surface area (Å²) in [6, 6.07) is 17.0. The highest BCUT2D eigenvalue weighted by Crippen LogP contribution is 2.37. The van der Waals surface area contributed by atoms with Crippen LogP contribution in [0.5, 0.6) is 0 Å². The smallest absolute Gasteiger partial charge is 0.224 e. The number of carbonyl (C=O) groups is 1. The number of nitrogens with two attached hydrogens (primary N) is 2. The fourth-order valence-electron chi connectivity index (χ4n) is 6.24. The van der Waals surface area contributed by atoms with Crippen LogP contribution in [0.3, 0.4) is 0 Å². The molecule has 2 unspecified atom stereocenters. The summed E-state index contributed by atoms with van der Waals surface area (Å²) in [5.41, 5.74) is 18.2. The summed E-state index contributed by atoms with van der Waals surface area (Å²) in [6.45, 7) is 4.72. The maximum absolute atomic E-state index is 15.0. The van der Waals surface area contributed by atoms with Crippen LogP contribution in [-0.4, -0.2) is 53.2 Å². The topological polar surface area (TPSA) is 99.4 Å². The van der Waals surface area contributed by atoms with E-state index in [0.717, 1.165) is 59.1 Å². The van der Waals surface area contributed by atoms with Gasteiger partial charge in [0, 0.05) is 74.6 Å². The van der Waals surface area contributed by atoms with Gasteiger partial charge in [-0.25, -0.2) is 9.37 Å². The summed E-state index contributed by atoms with van der Waals surface area (Å²) in [6.07, 6.45) is 5.35. The van der Waals surface area contributed by atoms with Gasteiger partial charge in [-0.15, -0.1) is 0 Å². The van der Waals surface area contributed by atoms with Crippen molar-refractivity contribution in [1.29, 1.82) is 0 Å². The van der Waals surface area contributed by atoms with Crippen molar-refractivity contribution in [3.8, 4) is 11.1 Å². The number of rotatable bonds is 10. The molecule has 1 saturated heterocycles. The Balaban J connectivity index is 1.25. The lowest BCUT2D eigenvalue weighted by atomic mass is 9.91. The predicted octanol–water partition coefficient (Wildman–Crippen LogP) is 5.44. The average molecular weight is 558 g/mol. The standard InChI is InChI=1S/C33H40FN5O2/c1-22-28-7-3-8-29(34)33(28)39(16-5-17-41-2)32(22)26-6-4-15-38(21-26)31(40)19-27(35)18-23-9-11-24(12-10-23)25-13-14-30(36)37-20-25/h3,7-14,20,26-27H,4-6,15-19,21,35H2,1-2H3,(H2,36,37). The molecule has 4 N–H and O–H groups in total. The fourth-order valence-corrected chi connectivity index (χ4v) is 6.24. The molecule has 7 nitrogen and oxygen atoms in total. The Morgan fingerprint density at radius 1 is 1.15 bits per heavy atom. The van der Waals surface area contributed by atoms with Gasteiger partial charge in [-0.2, -0.15) is 0 Å². The van der Waals surface area contributed by atoms with Crippen LogP contribution < -0.4 is 11.5 Å². The number of aromatic nitrogens is 2. The number of benzene rings is 2. The number of ether oxygens (including phenoxy) is 1. The van der Waals surface area contributed by atoms with E-state index in [-0.39, 0.29) is 23.7 Å². The molecule has 1 amide bonds. The molecule has 216 valence electrons. The van der Waals surface area contributed by atoms with Gasteiger partial charge in [0.2, 0.25) is 5.91 Å². The van der Waals surface area contributed by atoms with Gasteiger partial charge in [0.15, 0.2) is 0 Å². The Morgan fingerprint density at radius 2 is 1.93 bits per heavy atom. The summed E-state index contributed by atoms with van der Waals surface area (Å²) in [5.74, 6) is 0.517. The number of aryl methyl sites for hydroxylation is 2. The van der Waals surface area contributed by atoms with Crippen molar-refractivity contribution in [2.45, 2.75) is 57.5 Å². The molecule has 2 aromatic carbocycles. The Labute approximate surface area is 241 Å². The van der Waals surface area contributed by atoms with Gasteiger partial charge in [0.05, 0.1) is 5.52 Å². The second-order valence-electron chi connectivity index (χ2n) is 11.2. The van der Waals surface area contributed by atoms with E-state index in [0.29, 0.717) is 43.9 Å². The number of pyridine rings is 1. The van der Waals surface area contributed by atoms with Gasteiger partial charge in [0.25, 0.3) is 0 Å². The van der Waals surface area contributed by atoms with Gasteiger partial charge in [0.1, 0.15) is 11.6 Å². The van der Waals surface area contributed by atoms with E-state index < -0.39 is 0 Å². The van der Waals surface area contributed by atoms with Gasteiger partial charge in [-0.3, -0.25) is 4.79 Å². The van der Waals surface area contributed by atoms with Crippen molar-refractivity contribution < 1.29 is 13.9 Å². The number of likely N-dealkylation sites (tertiary alicyclic amines) is 1. The monoisotopic (exact) mass is 557 g/mol. The summed E-state index contributed by atoms with van der Waals surface area (Å²) < 4.78 is 22.4. The molecule has 2 atom stereocenters. The summed E-state index contributed by atoms with van der Waals surface area (Å²) in [7, 11) is 1.68. The molecular weight excluding hydrogens is 517 g/mol. The lowest BCUT2D eigenvalue weighted by molar-refractivity contribution is -0.132. The first-order chi connectivity index (χ1) is 19.9. The number of nitrogen functional groups attached to an aromatic ring is 1. The molecule has 0 spiro atoms. The van der Waals surface area contributed by atoms with E-state index in [1.54, 1.807) is 25.4 Å². The molecule has 0 saturated carbocycles. The number of methoxy groups -OCH3 is 1. The van der Waals surface area contributed by atoms with Crippen molar-refractivity contribution in [1.82, 2.24) is 14.5 Å². The number of piperidine rings is 1. The Morgan fingerprint density at radius 3 is 2.66 bits per heavy atom. The van der Waals surface area contributed by atoms with E-state index in [9.17, 15) is 4.79 Å². The van der Waals surface area contributed by atoms with Crippen LogP contribution in [0.15, 0.2) is 60.8 Å². The van der Waals surface area contributed by atoms with Gasteiger partial charge in [-0.05, 0) is 67.5 Å². The maximum atomic E-state index is 15.0. The van der Waals surface area contributed by atoms with Crippen LogP contribution >= 0.6 is 0 Å². The Hall–Kier alpha value is -3.75. The number of amides is 1. The second kappa shape index (κ2) is 12.8. The molecule has 1 aliphatic rings. The first kappa shape index (κ1) is 28.8. The minimum absolute atomic E-state index is 0.0812. The zero-order valence-corrected chi connectivity index (χ0v) is 24.0. The zero-order chi connectivity index (χ0) is 28.9. The van der Waals surface area contributed by atoms with E-state index in [4.69, 9.17) is 16.2 Å². The quantitative estimate of drug-likeness (QED) is 0.253. The third-order valence-electron chi connectivity index (χ3n) is 8.24. The van der Waals surface area contributed by atoms with Crippen molar-refractivity contribution in [2.75, 3.05) is 32.5 Å². The SMILES string of the molecule is COCCCn1c(C2CCCN(C(=O)CC(N)Cc3ccc(-c4ccc(N)nc4)cc3)C2)c(C)c2cccc(F)c21. The summed E-state index contributed by atoms with van der Waals surface area (Å²) >= 11 is 0. The van der Waals surface area contributed by atoms with Gasteiger partial charge < -0.3 is 25.7 Å². The highest BCUT2D eigenvalue weighted by Gasteiger charge is 2.30. The van der Waals surface area contributed by atoms with Gasteiger partial charge in [-0.1, -0.05) is 36.4 Å². The number of carbonyl (C=O) groups excluding carboxylic acids is 1. The summed E-state index contributed by atoms with van der Waals surface area (Å²) in [4.78, 5) is 19.5. The first-order valence-electron chi connectivity index (χ1n) is 14.5. The first-order valence-corrected chi connectivity index (χ1v) is 14.5. The second-order valence-corrected chi connectivity index (χ2v) is 11.2. The largest absolute Gasteiger partial charge is 0.385 e. The molecule has 2 aromatic heterocycles. The molecule has 1 aliphatic heterocycles.